The second-order valence-electron chi connectivity index (χ2n) is 5.23. The van der Waals surface area contributed by atoms with Gasteiger partial charge in [-0.05, 0) is 23.6 Å². The first-order valence-corrected chi connectivity index (χ1v) is 8.15. The largest absolute Gasteiger partial charge is 0.341 e. The fourth-order valence-electron chi connectivity index (χ4n) is 2.76. The summed E-state index contributed by atoms with van der Waals surface area (Å²) < 4.78 is 0.797. The van der Waals surface area contributed by atoms with E-state index in [1.807, 2.05) is 17.6 Å². The van der Waals surface area contributed by atoms with Gasteiger partial charge in [0.25, 0.3) is 0 Å². The van der Waals surface area contributed by atoms with Crippen LogP contribution in [0.4, 0.5) is 0 Å². The molecule has 1 aliphatic rings. The predicted octanol–water partition coefficient (Wildman–Crippen LogP) is 4.18. The van der Waals surface area contributed by atoms with Crippen molar-refractivity contribution in [3.8, 4) is 11.3 Å². The first kappa shape index (κ1) is 13.1. The van der Waals surface area contributed by atoms with Crippen molar-refractivity contribution >= 4 is 22.9 Å². The van der Waals surface area contributed by atoms with Crippen LogP contribution in [0.15, 0.2) is 41.9 Å². The summed E-state index contributed by atoms with van der Waals surface area (Å²) >= 11 is 7.53. The molecule has 0 saturated carbocycles. The highest BCUT2D eigenvalue weighted by atomic mass is 35.5. The molecule has 5 heteroatoms. The number of aromatic amines is 1. The molecule has 0 bridgehead atoms. The molecule has 2 aromatic heterocycles. The lowest BCUT2D eigenvalue weighted by atomic mass is 9.96. The summed E-state index contributed by atoms with van der Waals surface area (Å²) in [6.45, 7) is 0.890. The quantitative estimate of drug-likeness (QED) is 0.745. The SMILES string of the molecule is Clc1cc(-c2cnc(C3Cc4ccccc4CN3)[nH]2)cs1. The number of H-pyrrole nitrogens is 1. The van der Waals surface area contributed by atoms with Gasteiger partial charge in [0.05, 0.1) is 22.3 Å². The van der Waals surface area contributed by atoms with Crippen LogP contribution in [-0.2, 0) is 13.0 Å². The van der Waals surface area contributed by atoms with Crippen LogP contribution in [0.3, 0.4) is 0 Å². The van der Waals surface area contributed by atoms with Crippen molar-refractivity contribution in [2.24, 2.45) is 0 Å². The van der Waals surface area contributed by atoms with E-state index in [9.17, 15) is 0 Å². The maximum absolute atomic E-state index is 5.99. The standard InChI is InChI=1S/C16H14ClN3S/c17-15-6-12(9-21-15)14-8-19-16(20-14)13-5-10-3-1-2-4-11(10)7-18-13/h1-4,6,8-9,13,18H,5,7H2,(H,19,20). The topological polar surface area (TPSA) is 40.7 Å². The molecule has 1 aromatic carbocycles. The van der Waals surface area contributed by atoms with Crippen LogP contribution < -0.4 is 5.32 Å². The Bertz CT molecular complexity index is 777. The average molecular weight is 316 g/mol. The molecule has 0 fully saturated rings. The number of imidazole rings is 1. The van der Waals surface area contributed by atoms with Gasteiger partial charge in [-0.1, -0.05) is 35.9 Å². The predicted molar refractivity (Wildman–Crippen MR) is 86.6 cm³/mol. The van der Waals surface area contributed by atoms with Crippen molar-refractivity contribution in [3.05, 3.63) is 63.2 Å². The van der Waals surface area contributed by atoms with Gasteiger partial charge in [0.2, 0.25) is 0 Å². The molecule has 3 aromatic rings. The van der Waals surface area contributed by atoms with Crippen LogP contribution in [0.25, 0.3) is 11.3 Å². The maximum Gasteiger partial charge on any atom is 0.124 e. The Morgan fingerprint density at radius 3 is 2.90 bits per heavy atom. The Kier molecular flexibility index (Phi) is 3.30. The number of thiophene rings is 1. The van der Waals surface area contributed by atoms with Crippen LogP contribution >= 0.6 is 22.9 Å². The fraction of sp³-hybridized carbons (Fsp3) is 0.188. The zero-order valence-corrected chi connectivity index (χ0v) is 12.8. The van der Waals surface area contributed by atoms with Crippen LogP contribution in [-0.4, -0.2) is 9.97 Å². The number of nitrogens with zero attached hydrogens (tertiary/aromatic N) is 1. The van der Waals surface area contributed by atoms with Gasteiger partial charge in [-0.15, -0.1) is 11.3 Å². The first-order chi connectivity index (χ1) is 10.3. The Morgan fingerprint density at radius 1 is 1.24 bits per heavy atom. The molecule has 0 saturated heterocycles. The summed E-state index contributed by atoms with van der Waals surface area (Å²) in [5.41, 5.74) is 4.90. The lowest BCUT2D eigenvalue weighted by molar-refractivity contribution is 0.480. The van der Waals surface area contributed by atoms with E-state index in [-0.39, 0.29) is 6.04 Å². The normalized spacial score (nSPS) is 17.7. The third-order valence-corrected chi connectivity index (χ3v) is 4.98. The molecule has 3 nitrogen and oxygen atoms in total. The monoisotopic (exact) mass is 315 g/mol. The molecule has 3 heterocycles. The van der Waals surface area contributed by atoms with Crippen molar-refractivity contribution in [2.75, 3.05) is 0 Å². The van der Waals surface area contributed by atoms with E-state index >= 15 is 0 Å². The lowest BCUT2D eigenvalue weighted by Crippen LogP contribution is -2.29. The Labute approximate surface area is 132 Å². The summed E-state index contributed by atoms with van der Waals surface area (Å²) in [5, 5.41) is 5.59. The maximum atomic E-state index is 5.99. The number of aromatic nitrogens is 2. The Hall–Kier alpha value is -1.62. The summed E-state index contributed by atoms with van der Waals surface area (Å²) in [6.07, 6.45) is 2.85. The van der Waals surface area contributed by atoms with E-state index < -0.39 is 0 Å². The second-order valence-corrected chi connectivity index (χ2v) is 6.77. The van der Waals surface area contributed by atoms with Gasteiger partial charge in [0.1, 0.15) is 5.82 Å². The number of halogens is 1. The molecule has 21 heavy (non-hydrogen) atoms. The molecule has 0 spiro atoms. The molecule has 1 aliphatic heterocycles. The summed E-state index contributed by atoms with van der Waals surface area (Å²) in [6, 6.07) is 10.8. The lowest BCUT2D eigenvalue weighted by Gasteiger charge is -2.24. The van der Waals surface area contributed by atoms with Gasteiger partial charge in [0, 0.05) is 17.5 Å². The van der Waals surface area contributed by atoms with Crippen molar-refractivity contribution < 1.29 is 0 Å². The van der Waals surface area contributed by atoms with Crippen LogP contribution in [0, 0.1) is 0 Å². The highest BCUT2D eigenvalue weighted by molar-refractivity contribution is 7.14. The van der Waals surface area contributed by atoms with E-state index in [4.69, 9.17) is 11.6 Å². The second kappa shape index (κ2) is 5.30. The smallest absolute Gasteiger partial charge is 0.124 e. The Morgan fingerprint density at radius 2 is 2.10 bits per heavy atom. The van der Waals surface area contributed by atoms with Gasteiger partial charge in [-0.25, -0.2) is 4.98 Å². The number of hydrogen-bond donors (Lipinski definition) is 2. The van der Waals surface area contributed by atoms with Crippen LogP contribution in [0.5, 0.6) is 0 Å². The number of nitrogens with one attached hydrogen (secondary N) is 2. The number of hydrogen-bond acceptors (Lipinski definition) is 3. The highest BCUT2D eigenvalue weighted by Crippen LogP contribution is 2.29. The van der Waals surface area contributed by atoms with Crippen LogP contribution in [0.2, 0.25) is 4.34 Å². The molecule has 4 rings (SSSR count). The molecular formula is C16H14ClN3S. The van der Waals surface area contributed by atoms with E-state index in [1.54, 1.807) is 0 Å². The van der Waals surface area contributed by atoms with Gasteiger partial charge in [-0.3, -0.25) is 0 Å². The molecule has 1 atom stereocenters. The molecular weight excluding hydrogens is 302 g/mol. The number of rotatable bonds is 2. The summed E-state index contributed by atoms with van der Waals surface area (Å²) in [5.74, 6) is 0.988. The molecule has 0 radical (unpaired) electrons. The summed E-state index contributed by atoms with van der Waals surface area (Å²) in [4.78, 5) is 7.96. The summed E-state index contributed by atoms with van der Waals surface area (Å²) in [7, 11) is 0. The Balaban J connectivity index is 1.60. The molecule has 1 unspecified atom stereocenters. The van der Waals surface area contributed by atoms with Crippen LogP contribution in [0.1, 0.15) is 23.0 Å². The minimum atomic E-state index is 0.239. The van der Waals surface area contributed by atoms with Crippen molar-refractivity contribution in [1.82, 2.24) is 15.3 Å². The van der Waals surface area contributed by atoms with E-state index in [1.165, 1.54) is 22.5 Å². The fourth-order valence-corrected chi connectivity index (χ4v) is 3.64. The van der Waals surface area contributed by atoms with Crippen molar-refractivity contribution in [2.45, 2.75) is 19.0 Å². The number of fused-ring (bicyclic) bond motifs is 1. The zero-order valence-electron chi connectivity index (χ0n) is 11.3. The van der Waals surface area contributed by atoms with Crippen molar-refractivity contribution in [1.29, 1.82) is 0 Å². The molecule has 0 aliphatic carbocycles. The first-order valence-electron chi connectivity index (χ1n) is 6.89. The van der Waals surface area contributed by atoms with E-state index in [0.29, 0.717) is 0 Å². The minimum Gasteiger partial charge on any atom is -0.341 e. The van der Waals surface area contributed by atoms with E-state index in [2.05, 4.69) is 39.6 Å². The minimum absolute atomic E-state index is 0.239. The van der Waals surface area contributed by atoms with Gasteiger partial charge >= 0.3 is 0 Å². The van der Waals surface area contributed by atoms with Gasteiger partial charge in [-0.2, -0.15) is 0 Å². The number of benzene rings is 1. The molecule has 106 valence electrons. The van der Waals surface area contributed by atoms with E-state index in [0.717, 1.165) is 34.4 Å². The van der Waals surface area contributed by atoms with Crippen molar-refractivity contribution in [3.63, 3.8) is 0 Å². The molecule has 0 amide bonds. The highest BCUT2D eigenvalue weighted by Gasteiger charge is 2.21. The zero-order chi connectivity index (χ0) is 14.2. The third kappa shape index (κ3) is 2.50. The van der Waals surface area contributed by atoms with Gasteiger partial charge in [0.15, 0.2) is 0 Å². The van der Waals surface area contributed by atoms with Gasteiger partial charge < -0.3 is 10.3 Å². The third-order valence-electron chi connectivity index (χ3n) is 3.89. The average Bonchev–Trinajstić information content (AvgIpc) is 3.15. The molecule has 2 N–H and O–H groups in total.